The molecule has 1 unspecified atom stereocenters. The van der Waals surface area contributed by atoms with E-state index in [2.05, 4.69) is 23.3 Å². The number of rotatable bonds is 7. The molecule has 0 radical (unpaired) electrons. The second-order valence-corrected chi connectivity index (χ2v) is 7.11. The van der Waals surface area contributed by atoms with Crippen molar-refractivity contribution >= 4 is 11.6 Å². The molecule has 0 bridgehead atoms. The van der Waals surface area contributed by atoms with Crippen LogP contribution in [-0.4, -0.2) is 29.0 Å². The van der Waals surface area contributed by atoms with Crippen molar-refractivity contribution in [2.75, 3.05) is 18.9 Å². The molecule has 1 heterocycles. The number of nitrogens with one attached hydrogen (secondary N) is 3. The summed E-state index contributed by atoms with van der Waals surface area (Å²) >= 11 is 0. The molecule has 0 fully saturated rings. The van der Waals surface area contributed by atoms with Crippen molar-refractivity contribution in [2.24, 2.45) is 5.92 Å². The van der Waals surface area contributed by atoms with Gasteiger partial charge >= 0.3 is 5.69 Å². The number of anilines is 1. The van der Waals surface area contributed by atoms with Gasteiger partial charge in [-0.3, -0.25) is 14.6 Å². The van der Waals surface area contributed by atoms with Crippen LogP contribution in [0.15, 0.2) is 27.8 Å². The lowest BCUT2D eigenvalue weighted by atomic mass is 9.83. The molecule has 1 aliphatic carbocycles. The number of nitrogens with two attached hydrogens (primary N) is 1. The summed E-state index contributed by atoms with van der Waals surface area (Å²) in [5, 5.41) is 2.78. The Morgan fingerprint density at radius 3 is 2.93 bits per heavy atom. The van der Waals surface area contributed by atoms with Gasteiger partial charge in [0.25, 0.3) is 11.5 Å². The van der Waals surface area contributed by atoms with Crippen LogP contribution in [0.2, 0.25) is 0 Å². The van der Waals surface area contributed by atoms with Gasteiger partial charge in [0.15, 0.2) is 0 Å². The van der Waals surface area contributed by atoms with E-state index in [9.17, 15) is 14.4 Å². The largest absolute Gasteiger partial charge is 0.493 e. The Bertz CT molecular complexity index is 963. The lowest BCUT2D eigenvalue weighted by Gasteiger charge is -2.26. The summed E-state index contributed by atoms with van der Waals surface area (Å²) in [7, 11) is 0. The van der Waals surface area contributed by atoms with Crippen molar-refractivity contribution in [1.82, 2.24) is 15.3 Å². The van der Waals surface area contributed by atoms with Crippen LogP contribution in [0.4, 0.5) is 5.69 Å². The first-order valence-electron chi connectivity index (χ1n) is 9.63. The Morgan fingerprint density at radius 1 is 1.32 bits per heavy atom. The molecule has 1 aromatic heterocycles. The highest BCUT2D eigenvalue weighted by atomic mass is 16.5. The topological polar surface area (TPSA) is 130 Å². The molecule has 1 amide bonds. The van der Waals surface area contributed by atoms with Crippen molar-refractivity contribution in [2.45, 2.75) is 39.0 Å². The number of aromatic amines is 2. The molecule has 0 saturated heterocycles. The summed E-state index contributed by atoms with van der Waals surface area (Å²) in [5.74, 6) is 0.603. The zero-order valence-electron chi connectivity index (χ0n) is 16.0. The van der Waals surface area contributed by atoms with E-state index in [0.717, 1.165) is 37.9 Å². The van der Waals surface area contributed by atoms with Crippen molar-refractivity contribution in [3.05, 3.63) is 55.9 Å². The Labute approximate surface area is 162 Å². The van der Waals surface area contributed by atoms with Gasteiger partial charge in [-0.15, -0.1) is 0 Å². The highest BCUT2D eigenvalue weighted by Gasteiger charge is 2.23. The van der Waals surface area contributed by atoms with Crippen LogP contribution >= 0.6 is 0 Å². The molecule has 0 aliphatic heterocycles. The Balaban J connectivity index is 1.66. The highest BCUT2D eigenvalue weighted by molar-refractivity contribution is 5.96. The standard InChI is InChI=1S/C20H26N4O4/c1-2-3-9-28-15-6-4-5-13-8-7-12(10-14(13)15)11-22-19(26)17-16(21)18(25)24-20(27)23-17/h4-6,12H,2-3,7-11,21H2,1H3,(H,22,26)(H2,23,24,25,27). The van der Waals surface area contributed by atoms with Gasteiger partial charge in [-0.05, 0) is 48.8 Å². The molecule has 3 rings (SSSR count). The average Bonchev–Trinajstić information content (AvgIpc) is 2.69. The fraction of sp³-hybridized carbons (Fsp3) is 0.450. The van der Waals surface area contributed by atoms with E-state index in [1.165, 1.54) is 11.1 Å². The van der Waals surface area contributed by atoms with Crippen molar-refractivity contribution < 1.29 is 9.53 Å². The number of fused-ring (bicyclic) bond motifs is 1. The smallest absolute Gasteiger partial charge is 0.326 e. The van der Waals surface area contributed by atoms with E-state index >= 15 is 0 Å². The molecule has 0 saturated carbocycles. The third kappa shape index (κ3) is 4.44. The molecule has 1 atom stereocenters. The first-order chi connectivity index (χ1) is 13.5. The second kappa shape index (κ2) is 8.77. The zero-order valence-corrected chi connectivity index (χ0v) is 16.0. The number of aromatic nitrogens is 2. The first-order valence-corrected chi connectivity index (χ1v) is 9.63. The molecular weight excluding hydrogens is 360 g/mol. The van der Waals surface area contributed by atoms with E-state index in [4.69, 9.17) is 10.5 Å². The number of H-pyrrole nitrogens is 2. The Morgan fingerprint density at radius 2 is 2.14 bits per heavy atom. The number of amides is 1. The zero-order chi connectivity index (χ0) is 20.1. The van der Waals surface area contributed by atoms with Crippen molar-refractivity contribution in [3.63, 3.8) is 0 Å². The monoisotopic (exact) mass is 386 g/mol. The summed E-state index contributed by atoms with van der Waals surface area (Å²) < 4.78 is 5.95. The van der Waals surface area contributed by atoms with E-state index in [-0.39, 0.29) is 17.3 Å². The van der Waals surface area contributed by atoms with Crippen LogP contribution in [0.5, 0.6) is 5.75 Å². The van der Waals surface area contributed by atoms with Crippen molar-refractivity contribution in [1.29, 1.82) is 0 Å². The molecule has 0 spiro atoms. The Hall–Kier alpha value is -3.03. The predicted molar refractivity (Wildman–Crippen MR) is 107 cm³/mol. The molecule has 5 N–H and O–H groups in total. The highest BCUT2D eigenvalue weighted by Crippen LogP contribution is 2.32. The summed E-state index contributed by atoms with van der Waals surface area (Å²) in [6.45, 7) is 3.25. The lowest BCUT2D eigenvalue weighted by molar-refractivity contribution is 0.0941. The number of aryl methyl sites for hydroxylation is 1. The Kier molecular flexibility index (Phi) is 6.18. The number of nitrogen functional groups attached to an aromatic ring is 1. The summed E-state index contributed by atoms with van der Waals surface area (Å²) in [6, 6.07) is 6.14. The van der Waals surface area contributed by atoms with Gasteiger partial charge in [0.1, 0.15) is 17.1 Å². The summed E-state index contributed by atoms with van der Waals surface area (Å²) in [5.41, 5.74) is 6.08. The first kappa shape index (κ1) is 19.7. The number of benzene rings is 1. The van der Waals surface area contributed by atoms with Crippen molar-refractivity contribution in [3.8, 4) is 5.75 Å². The van der Waals surface area contributed by atoms with Crippen LogP contribution in [0.3, 0.4) is 0 Å². The molecular formula is C20H26N4O4. The number of hydrogen-bond acceptors (Lipinski definition) is 5. The molecule has 1 aromatic carbocycles. The van der Waals surface area contributed by atoms with Crippen LogP contribution in [-0.2, 0) is 12.8 Å². The van der Waals surface area contributed by atoms with E-state index in [1.54, 1.807) is 0 Å². The quantitative estimate of drug-likeness (QED) is 0.534. The SMILES string of the molecule is CCCCOc1cccc2c1CC(CNC(=O)c1[nH]c(=O)[nH]c(=O)c1N)CC2. The normalized spacial score (nSPS) is 15.7. The molecule has 2 aromatic rings. The van der Waals surface area contributed by atoms with E-state index < -0.39 is 17.2 Å². The third-order valence-corrected chi connectivity index (χ3v) is 5.06. The molecule has 28 heavy (non-hydrogen) atoms. The average molecular weight is 386 g/mol. The maximum Gasteiger partial charge on any atom is 0.326 e. The number of carbonyl (C=O) groups is 1. The van der Waals surface area contributed by atoms with Gasteiger partial charge in [0.2, 0.25) is 0 Å². The van der Waals surface area contributed by atoms with Gasteiger partial charge in [-0.1, -0.05) is 25.5 Å². The number of unbranched alkanes of at least 4 members (excludes halogenated alkanes) is 1. The predicted octanol–water partition coefficient (Wildman–Crippen LogP) is 1.36. The maximum absolute atomic E-state index is 12.4. The minimum atomic E-state index is -0.769. The molecule has 1 aliphatic rings. The van der Waals surface area contributed by atoms with Crippen LogP contribution in [0.25, 0.3) is 0 Å². The fourth-order valence-corrected chi connectivity index (χ4v) is 3.46. The van der Waals surface area contributed by atoms with Gasteiger partial charge in [-0.25, -0.2) is 4.79 Å². The number of carbonyl (C=O) groups excluding carboxylic acids is 1. The van der Waals surface area contributed by atoms with Gasteiger partial charge in [0, 0.05) is 6.54 Å². The number of ether oxygens (including phenoxy) is 1. The molecule has 8 heteroatoms. The second-order valence-electron chi connectivity index (χ2n) is 7.11. The van der Waals surface area contributed by atoms with E-state index in [0.29, 0.717) is 13.2 Å². The third-order valence-electron chi connectivity index (χ3n) is 5.06. The van der Waals surface area contributed by atoms with E-state index in [1.807, 2.05) is 17.1 Å². The van der Waals surface area contributed by atoms with Gasteiger partial charge in [-0.2, -0.15) is 0 Å². The minimum absolute atomic E-state index is 0.200. The minimum Gasteiger partial charge on any atom is -0.493 e. The molecule has 8 nitrogen and oxygen atoms in total. The summed E-state index contributed by atoms with van der Waals surface area (Å²) in [4.78, 5) is 39.6. The lowest BCUT2D eigenvalue weighted by Crippen LogP contribution is -2.36. The summed E-state index contributed by atoms with van der Waals surface area (Å²) in [6.07, 6.45) is 4.76. The molecule has 150 valence electrons. The number of hydrogen-bond donors (Lipinski definition) is 4. The van der Waals surface area contributed by atoms with Crippen LogP contribution in [0, 0.1) is 5.92 Å². The van der Waals surface area contributed by atoms with Crippen LogP contribution < -0.4 is 27.0 Å². The maximum atomic E-state index is 12.4. The van der Waals surface area contributed by atoms with Gasteiger partial charge in [0.05, 0.1) is 6.61 Å². The van der Waals surface area contributed by atoms with Crippen LogP contribution in [0.1, 0.15) is 47.8 Å². The fourth-order valence-electron chi connectivity index (χ4n) is 3.46. The van der Waals surface area contributed by atoms with Gasteiger partial charge < -0.3 is 20.8 Å².